The van der Waals surface area contributed by atoms with E-state index < -0.39 is 32.3 Å². The number of hydrogen-bond donors (Lipinski definition) is 0. The van der Waals surface area contributed by atoms with E-state index in [1.807, 2.05) is 0 Å². The normalized spacial score (nSPS) is 11.4. The van der Waals surface area contributed by atoms with Gasteiger partial charge in [-0.2, -0.15) is 0 Å². The van der Waals surface area contributed by atoms with E-state index in [1.165, 1.54) is 0 Å². The van der Waals surface area contributed by atoms with Crippen LogP contribution in [-0.2, 0) is 26.2 Å². The standard InChI is InChI=1S/4C4H11Si.Zr/c4*1-5(2,3)4;/h4*1H2,2-4H3;/q4*-1;+4. The molecule has 0 radical (unpaired) electrons. The van der Waals surface area contributed by atoms with Crippen molar-refractivity contribution in [1.29, 1.82) is 0 Å². The van der Waals surface area contributed by atoms with Gasteiger partial charge >= 0.3 is 26.2 Å². The first-order valence-corrected chi connectivity index (χ1v) is 22.2. The second-order valence-electron chi connectivity index (χ2n) is 10.2. The van der Waals surface area contributed by atoms with Crippen LogP contribution in [0.15, 0.2) is 0 Å². The summed E-state index contributed by atoms with van der Waals surface area (Å²) in [5, 5.41) is 0. The summed E-state index contributed by atoms with van der Waals surface area (Å²) >= 11 is 0. The Balaban J connectivity index is -0.0000000533. The summed E-state index contributed by atoms with van der Waals surface area (Å²) in [6.07, 6.45) is 0. The molecule has 128 valence electrons. The van der Waals surface area contributed by atoms with Crippen LogP contribution in [0.2, 0.25) is 78.6 Å². The molecule has 0 bridgehead atoms. The maximum atomic E-state index is 3.91. The molecule has 0 aliphatic carbocycles. The van der Waals surface area contributed by atoms with Gasteiger partial charge in [-0.15, -0.1) is 32.3 Å². The van der Waals surface area contributed by atoms with Crippen molar-refractivity contribution in [2.24, 2.45) is 0 Å². The smallest absolute Gasteiger partial charge is 0.342 e. The van der Waals surface area contributed by atoms with Crippen LogP contribution >= 0.6 is 0 Å². The minimum atomic E-state index is -0.861. The first kappa shape index (κ1) is 34.2. The van der Waals surface area contributed by atoms with Crippen molar-refractivity contribution in [2.45, 2.75) is 78.6 Å². The van der Waals surface area contributed by atoms with Gasteiger partial charge in [-0.05, 0) is 0 Å². The van der Waals surface area contributed by atoms with Crippen molar-refractivity contribution in [3.8, 4) is 0 Å². The average Bonchev–Trinajstić information content (AvgIpc) is 1.62. The molecule has 0 fully saturated rings. The summed E-state index contributed by atoms with van der Waals surface area (Å²) in [6.45, 7) is 42.2. The average molecular weight is 440 g/mol. The summed E-state index contributed by atoms with van der Waals surface area (Å²) in [4.78, 5) is 0. The molecule has 0 amide bonds. The van der Waals surface area contributed by atoms with Gasteiger partial charge in [0.05, 0.1) is 0 Å². The summed E-state index contributed by atoms with van der Waals surface area (Å²) in [5.74, 6) is 0. The molecule has 0 aromatic heterocycles. The molecular weight excluding hydrogens is 396 g/mol. The van der Waals surface area contributed by atoms with Gasteiger partial charge < -0.3 is 26.2 Å². The summed E-state index contributed by atoms with van der Waals surface area (Å²) in [5.41, 5.74) is 0. The fourth-order valence-corrected chi connectivity index (χ4v) is 0. The molecule has 0 saturated heterocycles. The maximum Gasteiger partial charge on any atom is 4.00 e. The van der Waals surface area contributed by atoms with E-state index in [0.29, 0.717) is 0 Å². The molecule has 0 aromatic carbocycles. The fourth-order valence-electron chi connectivity index (χ4n) is 0. The molecule has 0 rings (SSSR count). The summed E-state index contributed by atoms with van der Waals surface area (Å²) < 4.78 is 0. The van der Waals surface area contributed by atoms with Crippen LogP contribution in [0, 0.1) is 26.2 Å². The Bertz CT molecular complexity index is 130. The molecule has 0 nitrogen and oxygen atoms in total. The van der Waals surface area contributed by atoms with Gasteiger partial charge in [-0.1, -0.05) is 78.6 Å². The van der Waals surface area contributed by atoms with Crippen LogP contribution in [0.4, 0.5) is 0 Å². The Morgan fingerprint density at radius 1 is 0.333 bits per heavy atom. The van der Waals surface area contributed by atoms with E-state index in [4.69, 9.17) is 0 Å². The molecule has 0 spiro atoms. The van der Waals surface area contributed by atoms with Crippen molar-refractivity contribution < 1.29 is 26.2 Å². The second kappa shape index (κ2) is 14.1. The van der Waals surface area contributed by atoms with Gasteiger partial charge in [0.15, 0.2) is 0 Å². The molecule has 0 saturated carbocycles. The summed E-state index contributed by atoms with van der Waals surface area (Å²) in [7, 11) is -3.44. The van der Waals surface area contributed by atoms with Gasteiger partial charge in [0.25, 0.3) is 0 Å². The van der Waals surface area contributed by atoms with Gasteiger partial charge in [-0.25, -0.2) is 0 Å². The Hall–Kier alpha value is 1.75. The van der Waals surface area contributed by atoms with E-state index in [9.17, 15) is 0 Å². The molecule has 0 aliphatic rings. The monoisotopic (exact) mass is 438 g/mol. The quantitative estimate of drug-likeness (QED) is 0.288. The minimum Gasteiger partial charge on any atom is -0.342 e. The molecular formula is C16H44Si4Zr. The summed E-state index contributed by atoms with van der Waals surface area (Å²) in [6, 6.07) is 0. The predicted molar refractivity (Wildman–Crippen MR) is 115 cm³/mol. The third-order valence-electron chi connectivity index (χ3n) is 0. The zero-order chi connectivity index (χ0) is 18.0. The predicted octanol–water partition coefficient (Wildman–Crippen LogP) is 6.79. The third-order valence-corrected chi connectivity index (χ3v) is 0. The van der Waals surface area contributed by atoms with Crippen LogP contribution in [0.3, 0.4) is 0 Å². The molecule has 0 heterocycles. The molecule has 5 heteroatoms. The number of hydrogen-bond acceptors (Lipinski definition) is 0. The number of rotatable bonds is 0. The minimum absolute atomic E-state index is 0. The van der Waals surface area contributed by atoms with E-state index >= 15 is 0 Å². The zero-order valence-corrected chi connectivity index (χ0v) is 23.8. The van der Waals surface area contributed by atoms with Crippen molar-refractivity contribution in [3.63, 3.8) is 0 Å². The van der Waals surface area contributed by atoms with E-state index in [-0.39, 0.29) is 26.2 Å². The molecule has 0 atom stereocenters. The van der Waals surface area contributed by atoms with Crippen molar-refractivity contribution >= 4 is 32.3 Å². The largest absolute Gasteiger partial charge is 4.00 e. The van der Waals surface area contributed by atoms with Crippen LogP contribution in [0.25, 0.3) is 0 Å². The topological polar surface area (TPSA) is 0 Å². The van der Waals surface area contributed by atoms with Gasteiger partial charge in [0.1, 0.15) is 0 Å². The van der Waals surface area contributed by atoms with Crippen LogP contribution in [0.1, 0.15) is 0 Å². The van der Waals surface area contributed by atoms with E-state index in [0.717, 1.165) is 0 Å². The van der Waals surface area contributed by atoms with E-state index in [2.05, 4.69) is 105 Å². The third kappa shape index (κ3) is 2770. The molecule has 0 N–H and O–H groups in total. The fraction of sp³-hybridized carbons (Fsp3) is 0.750. The molecule has 21 heavy (non-hydrogen) atoms. The Labute approximate surface area is 162 Å². The zero-order valence-electron chi connectivity index (χ0n) is 17.3. The Morgan fingerprint density at radius 3 is 0.333 bits per heavy atom. The van der Waals surface area contributed by atoms with E-state index in [1.54, 1.807) is 0 Å². The van der Waals surface area contributed by atoms with Crippen LogP contribution < -0.4 is 0 Å². The second-order valence-corrected chi connectivity index (χ2v) is 30.7. The van der Waals surface area contributed by atoms with Crippen molar-refractivity contribution in [1.82, 2.24) is 0 Å². The first-order valence-electron chi connectivity index (χ1n) is 7.41. The van der Waals surface area contributed by atoms with Gasteiger partial charge in [0.2, 0.25) is 0 Å². The van der Waals surface area contributed by atoms with Crippen molar-refractivity contribution in [2.75, 3.05) is 0 Å². The van der Waals surface area contributed by atoms with Crippen LogP contribution in [0.5, 0.6) is 0 Å². The van der Waals surface area contributed by atoms with Gasteiger partial charge in [0, 0.05) is 0 Å². The van der Waals surface area contributed by atoms with Crippen molar-refractivity contribution in [3.05, 3.63) is 26.2 Å². The van der Waals surface area contributed by atoms with Gasteiger partial charge in [-0.3, -0.25) is 0 Å². The first-order chi connectivity index (χ1) is 8.00. The Kier molecular flexibility index (Phi) is 23.0. The molecule has 0 unspecified atom stereocenters. The molecule has 0 aliphatic heterocycles. The maximum absolute atomic E-state index is 3.91. The SMILES string of the molecule is [CH2-][Si](C)(C)C.[CH2-][Si](C)(C)C.[CH2-][Si](C)(C)C.[CH2-][Si](C)(C)C.[Zr+4]. The van der Waals surface area contributed by atoms with Crippen LogP contribution in [-0.4, -0.2) is 32.3 Å². The molecule has 0 aromatic rings. The Morgan fingerprint density at radius 2 is 0.333 bits per heavy atom.